The van der Waals surface area contributed by atoms with Crippen LogP contribution in [0.1, 0.15) is 0 Å². The molecule has 0 aromatic heterocycles. The smallest absolute Gasteiger partial charge is 0.415 e. The molecular weight excluding hydrogens is 412 g/mol. The first-order valence-electron chi connectivity index (χ1n) is 4.07. The number of carbonyl (C=O) groups is 1. The maximum Gasteiger partial charge on any atom is 0.415 e. The van der Waals surface area contributed by atoms with E-state index in [0.717, 1.165) is 9.37 Å². The average Bonchev–Trinajstić information content (AvgIpc) is 2.52. The highest BCUT2D eigenvalue weighted by Crippen LogP contribution is 2.47. The van der Waals surface area contributed by atoms with Gasteiger partial charge in [0.1, 0.15) is 0 Å². The van der Waals surface area contributed by atoms with Gasteiger partial charge in [0.15, 0.2) is 0 Å². The second-order valence-electron chi connectivity index (χ2n) is 3.05. The Hall–Kier alpha value is -0.310. The van der Waals surface area contributed by atoms with E-state index in [0.29, 0.717) is 20.3 Å². The molecule has 2 rings (SSSR count). The molecule has 0 fully saturated rings. The number of nitrogens with zero attached hydrogens (tertiary/aromatic N) is 1. The third-order valence-corrected chi connectivity index (χ3v) is 4.70. The van der Waals surface area contributed by atoms with Gasteiger partial charge in [0.25, 0.3) is 0 Å². The summed E-state index contributed by atoms with van der Waals surface area (Å²) in [7, 11) is 0. The van der Waals surface area contributed by atoms with Crippen molar-refractivity contribution < 1.29 is 15.0 Å². The van der Waals surface area contributed by atoms with Crippen molar-refractivity contribution in [3.8, 4) is 0 Å². The van der Waals surface area contributed by atoms with Crippen LogP contribution in [0.2, 0.25) is 0 Å². The van der Waals surface area contributed by atoms with Crippen LogP contribution in [-0.4, -0.2) is 22.7 Å². The Kier molecular flexibility index (Phi) is 3.17. The molecule has 1 amide bonds. The molecule has 8 heteroatoms. The lowest BCUT2D eigenvalue weighted by Crippen LogP contribution is -2.39. The Morgan fingerprint density at radius 1 is 1.38 bits per heavy atom. The topological polar surface area (TPSA) is 72.8 Å². The molecule has 3 N–H and O–H groups in total. The number of aliphatic hydroxyl groups is 1. The maximum atomic E-state index is 11.0. The molecule has 1 heterocycles. The van der Waals surface area contributed by atoms with E-state index in [1.165, 1.54) is 0 Å². The van der Waals surface area contributed by atoms with E-state index in [1.807, 2.05) is 0 Å². The summed E-state index contributed by atoms with van der Waals surface area (Å²) >= 11 is 9.88. The Morgan fingerprint density at radius 2 is 2.00 bits per heavy atom. The molecule has 1 aliphatic heterocycles. The zero-order valence-electron chi connectivity index (χ0n) is 7.54. The average molecular weight is 417 g/mol. The molecule has 0 radical (unpaired) electrons. The molecule has 1 unspecified atom stereocenters. The van der Waals surface area contributed by atoms with Gasteiger partial charge in [-0.15, -0.1) is 0 Å². The minimum atomic E-state index is -1.28. The second kappa shape index (κ2) is 4.17. The highest BCUT2D eigenvalue weighted by atomic mass is 79.9. The Morgan fingerprint density at radius 3 is 2.56 bits per heavy atom. The predicted molar refractivity (Wildman–Crippen MR) is 69.7 cm³/mol. The van der Waals surface area contributed by atoms with Crippen LogP contribution < -0.4 is 10.2 Å². The fraction of sp³-hybridized carbons (Fsp3) is 0.125. The van der Waals surface area contributed by atoms with Crippen LogP contribution in [-0.2, 0) is 0 Å². The second-order valence-corrected chi connectivity index (χ2v) is 5.55. The predicted octanol–water partition coefficient (Wildman–Crippen LogP) is 3.16. The number of hydrogen-bond donors (Lipinski definition) is 3. The Labute approximate surface area is 116 Å². The van der Waals surface area contributed by atoms with Gasteiger partial charge in [0.2, 0.25) is 6.35 Å². The van der Waals surface area contributed by atoms with Crippen LogP contribution in [0.4, 0.5) is 16.2 Å². The lowest BCUT2D eigenvalue weighted by atomic mass is 10.3. The van der Waals surface area contributed by atoms with Crippen molar-refractivity contribution in [1.82, 2.24) is 0 Å². The zero-order valence-corrected chi connectivity index (χ0v) is 12.3. The third kappa shape index (κ3) is 1.73. The number of aliphatic hydroxyl groups excluding tert-OH is 1. The summed E-state index contributed by atoms with van der Waals surface area (Å²) in [5.41, 5.74) is 0.909. The summed E-state index contributed by atoms with van der Waals surface area (Å²) in [6.45, 7) is 0. The van der Waals surface area contributed by atoms with Gasteiger partial charge >= 0.3 is 6.09 Å². The van der Waals surface area contributed by atoms with Crippen LogP contribution in [0.15, 0.2) is 19.5 Å². The molecule has 0 aliphatic carbocycles. The first kappa shape index (κ1) is 12.2. The molecule has 1 atom stereocenters. The molecule has 86 valence electrons. The molecule has 1 aromatic rings. The number of anilines is 2. The lowest BCUT2D eigenvalue weighted by molar-refractivity contribution is 0.167. The summed E-state index contributed by atoms with van der Waals surface area (Å²) < 4.78 is 1.99. The van der Waals surface area contributed by atoms with Gasteiger partial charge in [-0.05, 0) is 53.9 Å². The fourth-order valence-corrected chi connectivity index (χ4v) is 3.24. The van der Waals surface area contributed by atoms with Crippen molar-refractivity contribution >= 4 is 65.3 Å². The van der Waals surface area contributed by atoms with Crippen molar-refractivity contribution in [2.45, 2.75) is 6.35 Å². The number of carboxylic acid groups (broad SMARTS) is 1. The van der Waals surface area contributed by atoms with Gasteiger partial charge in [0.05, 0.1) is 15.8 Å². The monoisotopic (exact) mass is 414 g/mol. The number of amides is 1. The number of nitrogens with one attached hydrogen (secondary N) is 1. The minimum Gasteiger partial charge on any atom is -0.465 e. The first-order chi connectivity index (χ1) is 7.43. The SMILES string of the molecule is O=C(O)N1c2c(Br)cc(Br)c(Br)c2NC1O. The van der Waals surface area contributed by atoms with Gasteiger partial charge in [-0.3, -0.25) is 0 Å². The number of rotatable bonds is 0. The molecule has 5 nitrogen and oxygen atoms in total. The first-order valence-corrected chi connectivity index (χ1v) is 6.45. The van der Waals surface area contributed by atoms with Crippen molar-refractivity contribution in [3.63, 3.8) is 0 Å². The summed E-state index contributed by atoms with van der Waals surface area (Å²) in [4.78, 5) is 11.8. The van der Waals surface area contributed by atoms with E-state index in [4.69, 9.17) is 5.11 Å². The number of fused-ring (bicyclic) bond motifs is 1. The molecule has 1 aliphatic rings. The largest absolute Gasteiger partial charge is 0.465 e. The molecule has 0 spiro atoms. The van der Waals surface area contributed by atoms with Gasteiger partial charge in [0, 0.05) is 8.95 Å². The van der Waals surface area contributed by atoms with Crippen LogP contribution >= 0.6 is 47.8 Å². The van der Waals surface area contributed by atoms with E-state index in [1.54, 1.807) is 6.07 Å². The highest BCUT2D eigenvalue weighted by molar-refractivity contribution is 9.13. The van der Waals surface area contributed by atoms with Crippen LogP contribution in [0, 0.1) is 0 Å². The van der Waals surface area contributed by atoms with Crippen molar-refractivity contribution in [2.24, 2.45) is 0 Å². The highest BCUT2D eigenvalue weighted by Gasteiger charge is 2.36. The van der Waals surface area contributed by atoms with Crippen LogP contribution in [0.25, 0.3) is 0 Å². The Balaban J connectivity index is 2.67. The molecule has 16 heavy (non-hydrogen) atoms. The van der Waals surface area contributed by atoms with Crippen molar-refractivity contribution in [2.75, 3.05) is 10.2 Å². The van der Waals surface area contributed by atoms with Crippen molar-refractivity contribution in [3.05, 3.63) is 19.5 Å². The standard InChI is InChI=1S/C8H5Br3N2O3/c9-2-1-3(10)6-5(4(2)11)12-7(14)13(6)8(15)16/h1,7,12,14H,(H,15,16). The molecular formula is C8H5Br3N2O3. The number of hydrogen-bond acceptors (Lipinski definition) is 3. The zero-order chi connectivity index (χ0) is 12.0. The fourth-order valence-electron chi connectivity index (χ4n) is 1.47. The van der Waals surface area contributed by atoms with Crippen LogP contribution in [0.3, 0.4) is 0 Å². The van der Waals surface area contributed by atoms with E-state index in [2.05, 4.69) is 53.1 Å². The summed E-state index contributed by atoms with van der Waals surface area (Å²) in [6.07, 6.45) is -2.51. The molecule has 0 saturated carbocycles. The lowest BCUT2D eigenvalue weighted by Gasteiger charge is -2.17. The van der Waals surface area contributed by atoms with Gasteiger partial charge in [-0.2, -0.15) is 0 Å². The maximum absolute atomic E-state index is 11.0. The summed E-state index contributed by atoms with van der Waals surface area (Å²) in [5, 5.41) is 21.3. The van der Waals surface area contributed by atoms with Crippen molar-refractivity contribution in [1.29, 1.82) is 0 Å². The summed E-state index contributed by atoms with van der Waals surface area (Å²) in [5.74, 6) is 0. The van der Waals surface area contributed by atoms with Crippen LogP contribution in [0.5, 0.6) is 0 Å². The van der Waals surface area contributed by atoms with E-state index in [9.17, 15) is 9.90 Å². The quantitative estimate of drug-likeness (QED) is 0.568. The third-order valence-electron chi connectivity index (χ3n) is 2.11. The van der Waals surface area contributed by atoms with E-state index >= 15 is 0 Å². The van der Waals surface area contributed by atoms with Gasteiger partial charge in [-0.1, -0.05) is 0 Å². The normalized spacial score (nSPS) is 18.2. The summed E-state index contributed by atoms with van der Waals surface area (Å²) in [6, 6.07) is 1.71. The van der Waals surface area contributed by atoms with Gasteiger partial charge < -0.3 is 15.5 Å². The Bertz CT molecular complexity index is 480. The molecule has 0 bridgehead atoms. The minimum absolute atomic E-state index is 0.384. The molecule has 0 saturated heterocycles. The number of halogens is 3. The molecule has 1 aromatic carbocycles. The van der Waals surface area contributed by atoms with E-state index < -0.39 is 12.4 Å². The number of benzene rings is 1. The van der Waals surface area contributed by atoms with Gasteiger partial charge in [-0.25, -0.2) is 9.69 Å². The van der Waals surface area contributed by atoms with E-state index in [-0.39, 0.29) is 0 Å².